The minimum Gasteiger partial charge on any atom is -0.397 e. The van der Waals surface area contributed by atoms with Crippen LogP contribution in [0.5, 0.6) is 0 Å². The van der Waals surface area contributed by atoms with Crippen molar-refractivity contribution in [1.82, 2.24) is 4.31 Å². The van der Waals surface area contributed by atoms with Crippen LogP contribution in [0.4, 0.5) is 5.69 Å². The Balaban J connectivity index is 2.32. The molecule has 0 aromatic heterocycles. The number of nitrogen functional groups attached to an aromatic ring is 1. The van der Waals surface area contributed by atoms with Gasteiger partial charge in [-0.25, -0.2) is 8.42 Å². The number of hydrogen-bond donors (Lipinski definition) is 1. The fourth-order valence-electron chi connectivity index (χ4n) is 2.71. The molecule has 1 aliphatic rings. The first-order valence-electron chi connectivity index (χ1n) is 7.09. The quantitative estimate of drug-likeness (QED) is 0.846. The van der Waals surface area contributed by atoms with Crippen LogP contribution in [-0.4, -0.2) is 25.8 Å². The van der Waals surface area contributed by atoms with Crippen molar-refractivity contribution >= 4 is 27.3 Å². The van der Waals surface area contributed by atoms with Gasteiger partial charge in [0.15, 0.2) is 0 Å². The summed E-state index contributed by atoms with van der Waals surface area (Å²) in [6.07, 6.45) is 0.894. The fraction of sp³-hybridized carbons (Fsp3) is 0.600. The van der Waals surface area contributed by atoms with Gasteiger partial charge in [0.05, 0.1) is 15.6 Å². The lowest BCUT2D eigenvalue weighted by atomic mass is 9.80. The summed E-state index contributed by atoms with van der Waals surface area (Å²) in [7, 11) is -3.50. The molecule has 118 valence electrons. The van der Waals surface area contributed by atoms with Crippen LogP contribution >= 0.6 is 11.6 Å². The molecule has 0 aliphatic carbocycles. The van der Waals surface area contributed by atoms with Gasteiger partial charge in [-0.2, -0.15) is 4.31 Å². The Morgan fingerprint density at radius 3 is 2.43 bits per heavy atom. The van der Waals surface area contributed by atoms with Crippen LogP contribution in [0, 0.1) is 18.3 Å². The predicted molar refractivity (Wildman–Crippen MR) is 86.9 cm³/mol. The summed E-state index contributed by atoms with van der Waals surface area (Å²) in [5, 5.41) is 0.419. The zero-order chi connectivity index (χ0) is 16.0. The Kier molecular flexibility index (Phi) is 4.30. The summed E-state index contributed by atoms with van der Waals surface area (Å²) >= 11 is 6.01. The third-order valence-electron chi connectivity index (χ3n) is 4.27. The lowest BCUT2D eigenvalue weighted by Crippen LogP contribution is -2.31. The molecule has 1 heterocycles. The molecule has 21 heavy (non-hydrogen) atoms. The van der Waals surface area contributed by atoms with E-state index >= 15 is 0 Å². The van der Waals surface area contributed by atoms with Crippen LogP contribution < -0.4 is 5.73 Å². The van der Waals surface area contributed by atoms with E-state index in [4.69, 9.17) is 17.3 Å². The molecule has 1 atom stereocenters. The molecule has 1 aromatic carbocycles. The van der Waals surface area contributed by atoms with E-state index in [1.54, 1.807) is 17.3 Å². The Morgan fingerprint density at radius 1 is 1.33 bits per heavy atom. The molecular formula is C15H23ClN2O2S. The number of nitrogens with zero attached hydrogens (tertiary/aromatic N) is 1. The fourth-order valence-corrected chi connectivity index (χ4v) is 4.44. The number of aryl methyl sites for hydroxylation is 1. The summed E-state index contributed by atoms with van der Waals surface area (Å²) in [4.78, 5) is 0.233. The maximum absolute atomic E-state index is 12.7. The summed E-state index contributed by atoms with van der Waals surface area (Å²) in [5.41, 5.74) is 6.90. The number of sulfonamides is 1. The van der Waals surface area contributed by atoms with Crippen LogP contribution in [-0.2, 0) is 10.0 Å². The number of hydrogen-bond acceptors (Lipinski definition) is 3. The molecule has 1 unspecified atom stereocenters. The van der Waals surface area contributed by atoms with Crippen LogP contribution in [0.1, 0.15) is 32.8 Å². The number of anilines is 1. The zero-order valence-corrected chi connectivity index (χ0v) is 14.6. The van der Waals surface area contributed by atoms with Gasteiger partial charge in [0.1, 0.15) is 0 Å². The summed E-state index contributed by atoms with van der Waals surface area (Å²) in [5.74, 6) is 0.373. The van der Waals surface area contributed by atoms with Gasteiger partial charge in [0.2, 0.25) is 10.0 Å². The largest absolute Gasteiger partial charge is 0.397 e. The standard InChI is InChI=1S/C15H23ClN2O2S/c1-10-7-12(8-13(17)14(10)16)21(19,20)18-6-5-11(9-18)15(2,3)4/h7-8,11H,5-6,9,17H2,1-4H3. The first-order valence-corrected chi connectivity index (χ1v) is 8.91. The maximum atomic E-state index is 12.7. The van der Waals surface area contributed by atoms with E-state index in [1.807, 2.05) is 0 Å². The highest BCUT2D eigenvalue weighted by Crippen LogP contribution is 2.36. The summed E-state index contributed by atoms with van der Waals surface area (Å²) in [6, 6.07) is 3.05. The second kappa shape index (κ2) is 5.45. The van der Waals surface area contributed by atoms with E-state index in [2.05, 4.69) is 20.8 Å². The molecule has 0 saturated carbocycles. The van der Waals surface area contributed by atoms with E-state index in [9.17, 15) is 8.42 Å². The molecule has 0 amide bonds. The second-order valence-electron chi connectivity index (χ2n) is 6.86. The predicted octanol–water partition coefficient (Wildman–Crippen LogP) is 3.29. The molecular weight excluding hydrogens is 308 g/mol. The molecule has 4 nitrogen and oxygen atoms in total. The van der Waals surface area contributed by atoms with Crippen molar-refractivity contribution in [1.29, 1.82) is 0 Å². The van der Waals surface area contributed by atoms with Crippen LogP contribution in [0.3, 0.4) is 0 Å². The highest BCUT2D eigenvalue weighted by atomic mass is 35.5. The molecule has 1 aliphatic heterocycles. The molecule has 0 spiro atoms. The highest BCUT2D eigenvalue weighted by Gasteiger charge is 2.37. The van der Waals surface area contributed by atoms with E-state index in [0.29, 0.717) is 35.3 Å². The lowest BCUT2D eigenvalue weighted by Gasteiger charge is -2.27. The third-order valence-corrected chi connectivity index (χ3v) is 6.63. The topological polar surface area (TPSA) is 63.4 Å². The Morgan fingerprint density at radius 2 is 1.95 bits per heavy atom. The van der Waals surface area contributed by atoms with E-state index in [-0.39, 0.29) is 10.3 Å². The Labute approximate surface area is 132 Å². The molecule has 0 radical (unpaired) electrons. The average molecular weight is 331 g/mol. The second-order valence-corrected chi connectivity index (χ2v) is 9.17. The minimum atomic E-state index is -3.50. The first-order chi connectivity index (χ1) is 9.53. The minimum absolute atomic E-state index is 0.110. The zero-order valence-electron chi connectivity index (χ0n) is 13.0. The van der Waals surface area contributed by atoms with Gasteiger partial charge in [-0.1, -0.05) is 32.4 Å². The van der Waals surface area contributed by atoms with Crippen molar-refractivity contribution < 1.29 is 8.42 Å². The van der Waals surface area contributed by atoms with Gasteiger partial charge >= 0.3 is 0 Å². The van der Waals surface area contributed by atoms with Crippen molar-refractivity contribution in [3.8, 4) is 0 Å². The first kappa shape index (κ1) is 16.6. The van der Waals surface area contributed by atoms with Gasteiger partial charge in [0, 0.05) is 13.1 Å². The highest BCUT2D eigenvalue weighted by molar-refractivity contribution is 7.89. The van der Waals surface area contributed by atoms with Crippen molar-refractivity contribution in [2.75, 3.05) is 18.8 Å². The number of nitrogens with two attached hydrogens (primary N) is 1. The van der Waals surface area contributed by atoms with Crippen molar-refractivity contribution in [2.45, 2.75) is 39.0 Å². The van der Waals surface area contributed by atoms with Gasteiger partial charge in [-0.3, -0.25) is 0 Å². The number of rotatable bonds is 2. The molecule has 6 heteroatoms. The van der Waals surface area contributed by atoms with E-state index < -0.39 is 10.0 Å². The molecule has 1 fully saturated rings. The van der Waals surface area contributed by atoms with Crippen molar-refractivity contribution in [3.05, 3.63) is 22.7 Å². The average Bonchev–Trinajstić information content (AvgIpc) is 2.85. The monoisotopic (exact) mass is 330 g/mol. The van der Waals surface area contributed by atoms with Gasteiger partial charge in [-0.15, -0.1) is 0 Å². The van der Waals surface area contributed by atoms with Crippen LogP contribution in [0.2, 0.25) is 5.02 Å². The van der Waals surface area contributed by atoms with E-state index in [1.165, 1.54) is 6.07 Å². The molecule has 0 bridgehead atoms. The summed E-state index contributed by atoms with van der Waals surface area (Å²) < 4.78 is 27.1. The Bertz CT molecular complexity index is 627. The molecule has 2 rings (SSSR count). The Hall–Kier alpha value is -0.780. The molecule has 2 N–H and O–H groups in total. The smallest absolute Gasteiger partial charge is 0.243 e. The van der Waals surface area contributed by atoms with Crippen molar-refractivity contribution in [3.63, 3.8) is 0 Å². The van der Waals surface area contributed by atoms with E-state index in [0.717, 1.165) is 6.42 Å². The normalized spacial score (nSPS) is 20.9. The van der Waals surface area contributed by atoms with Crippen LogP contribution in [0.25, 0.3) is 0 Å². The summed E-state index contributed by atoms with van der Waals surface area (Å²) in [6.45, 7) is 9.34. The molecule has 1 aromatic rings. The SMILES string of the molecule is Cc1cc(S(=O)(=O)N2CCC(C(C)(C)C)C2)cc(N)c1Cl. The van der Waals surface area contributed by atoms with Gasteiger partial charge < -0.3 is 5.73 Å². The van der Waals surface area contributed by atoms with Crippen LogP contribution in [0.15, 0.2) is 17.0 Å². The lowest BCUT2D eigenvalue weighted by molar-refractivity contribution is 0.252. The molecule has 1 saturated heterocycles. The van der Waals surface area contributed by atoms with Gasteiger partial charge in [-0.05, 0) is 42.4 Å². The maximum Gasteiger partial charge on any atom is 0.243 e. The van der Waals surface area contributed by atoms with Gasteiger partial charge in [0.25, 0.3) is 0 Å². The number of benzene rings is 1. The third kappa shape index (κ3) is 3.20. The number of halogens is 1. The van der Waals surface area contributed by atoms with Crippen molar-refractivity contribution in [2.24, 2.45) is 11.3 Å².